The Labute approximate surface area is 182 Å². The monoisotopic (exact) mass is 418 g/mol. The van der Waals surface area contributed by atoms with Crippen LogP contribution in [-0.2, 0) is 17.8 Å². The lowest BCUT2D eigenvalue weighted by Gasteiger charge is -2.13. The van der Waals surface area contributed by atoms with Gasteiger partial charge in [-0.15, -0.1) is 0 Å². The molecule has 0 fully saturated rings. The Hall–Kier alpha value is -3.80. The molecule has 3 rings (SSSR count). The van der Waals surface area contributed by atoms with Crippen molar-refractivity contribution in [2.24, 2.45) is 0 Å². The van der Waals surface area contributed by atoms with Crippen molar-refractivity contribution in [3.63, 3.8) is 0 Å². The first-order valence-corrected chi connectivity index (χ1v) is 9.93. The number of amides is 2. The van der Waals surface area contributed by atoms with Crippen LogP contribution in [0.25, 0.3) is 0 Å². The fourth-order valence-electron chi connectivity index (χ4n) is 3.16. The molecule has 6 heteroatoms. The van der Waals surface area contributed by atoms with Crippen molar-refractivity contribution in [3.05, 3.63) is 89.0 Å². The fourth-order valence-corrected chi connectivity index (χ4v) is 3.16. The summed E-state index contributed by atoms with van der Waals surface area (Å²) in [5.74, 6) is 0.723. The Morgan fingerprint density at radius 3 is 2.35 bits per heavy atom. The quantitative estimate of drug-likeness (QED) is 0.577. The van der Waals surface area contributed by atoms with E-state index in [1.807, 2.05) is 31.2 Å². The predicted octanol–water partition coefficient (Wildman–Crippen LogP) is 4.12. The van der Waals surface area contributed by atoms with Crippen LogP contribution in [0.2, 0.25) is 0 Å². The Morgan fingerprint density at radius 1 is 0.903 bits per heavy atom. The summed E-state index contributed by atoms with van der Waals surface area (Å²) in [6, 6.07) is 20.2. The largest absolute Gasteiger partial charge is 0.497 e. The van der Waals surface area contributed by atoms with Gasteiger partial charge < -0.3 is 20.1 Å². The molecule has 0 unspecified atom stereocenters. The number of carbonyl (C=O) groups excluding carboxylic acids is 2. The molecule has 0 aromatic heterocycles. The number of ether oxygens (including phenoxy) is 2. The second kappa shape index (κ2) is 10.3. The van der Waals surface area contributed by atoms with Crippen molar-refractivity contribution in [1.82, 2.24) is 5.32 Å². The highest BCUT2D eigenvalue weighted by Crippen LogP contribution is 2.25. The fraction of sp³-hybridized carbons (Fsp3) is 0.200. The van der Waals surface area contributed by atoms with E-state index in [0.29, 0.717) is 34.9 Å². The number of methoxy groups -OCH3 is 2. The Kier molecular flexibility index (Phi) is 7.27. The molecule has 0 aliphatic rings. The molecule has 3 aromatic carbocycles. The van der Waals surface area contributed by atoms with Gasteiger partial charge in [-0.3, -0.25) is 9.59 Å². The summed E-state index contributed by atoms with van der Waals surface area (Å²) in [6.45, 7) is 2.42. The van der Waals surface area contributed by atoms with Crippen LogP contribution >= 0.6 is 0 Å². The van der Waals surface area contributed by atoms with Gasteiger partial charge in [-0.1, -0.05) is 42.0 Å². The van der Waals surface area contributed by atoms with E-state index in [9.17, 15) is 9.59 Å². The SMILES string of the molecule is COc1ccc(OC)c(CC(=O)Nc2ccccc2C(=O)NCc2ccc(C)cc2)c1. The molecule has 0 spiro atoms. The third-order valence-corrected chi connectivity index (χ3v) is 4.86. The molecule has 0 aliphatic carbocycles. The summed E-state index contributed by atoms with van der Waals surface area (Å²) in [7, 11) is 3.12. The van der Waals surface area contributed by atoms with E-state index in [0.717, 1.165) is 11.1 Å². The number of nitrogens with one attached hydrogen (secondary N) is 2. The molecule has 2 amide bonds. The maximum absolute atomic E-state index is 12.7. The summed E-state index contributed by atoms with van der Waals surface area (Å²) in [4.78, 5) is 25.4. The zero-order valence-electron chi connectivity index (χ0n) is 17.9. The average Bonchev–Trinajstić information content (AvgIpc) is 2.78. The van der Waals surface area contributed by atoms with Crippen LogP contribution in [-0.4, -0.2) is 26.0 Å². The molecule has 0 radical (unpaired) electrons. The van der Waals surface area contributed by atoms with Gasteiger partial charge >= 0.3 is 0 Å². The van der Waals surface area contributed by atoms with Crippen LogP contribution in [0.3, 0.4) is 0 Å². The molecule has 2 N–H and O–H groups in total. The number of para-hydroxylation sites is 1. The number of anilines is 1. The number of hydrogen-bond acceptors (Lipinski definition) is 4. The summed E-state index contributed by atoms with van der Waals surface area (Å²) in [5.41, 5.74) is 3.72. The first-order chi connectivity index (χ1) is 15.0. The zero-order chi connectivity index (χ0) is 22.2. The van der Waals surface area contributed by atoms with Crippen molar-refractivity contribution in [1.29, 1.82) is 0 Å². The second-order valence-corrected chi connectivity index (χ2v) is 7.12. The maximum atomic E-state index is 12.7. The van der Waals surface area contributed by atoms with Crippen LogP contribution in [0.5, 0.6) is 11.5 Å². The molecule has 0 atom stereocenters. The number of rotatable bonds is 8. The molecule has 3 aromatic rings. The van der Waals surface area contributed by atoms with E-state index < -0.39 is 0 Å². The topological polar surface area (TPSA) is 76.7 Å². The van der Waals surface area contributed by atoms with Gasteiger partial charge in [0.25, 0.3) is 5.91 Å². The highest BCUT2D eigenvalue weighted by Gasteiger charge is 2.15. The zero-order valence-corrected chi connectivity index (χ0v) is 17.9. The highest BCUT2D eigenvalue weighted by atomic mass is 16.5. The van der Waals surface area contributed by atoms with Gasteiger partial charge in [-0.2, -0.15) is 0 Å². The minimum atomic E-state index is -0.259. The van der Waals surface area contributed by atoms with Crippen LogP contribution < -0.4 is 20.1 Å². The van der Waals surface area contributed by atoms with Crippen molar-refractivity contribution in [2.75, 3.05) is 19.5 Å². The van der Waals surface area contributed by atoms with E-state index in [2.05, 4.69) is 10.6 Å². The first kappa shape index (κ1) is 21.9. The van der Waals surface area contributed by atoms with E-state index in [4.69, 9.17) is 9.47 Å². The molecule has 0 saturated heterocycles. The normalized spacial score (nSPS) is 10.3. The number of benzene rings is 3. The van der Waals surface area contributed by atoms with Gasteiger partial charge in [0.2, 0.25) is 5.91 Å². The molecule has 6 nitrogen and oxygen atoms in total. The Morgan fingerprint density at radius 2 is 1.65 bits per heavy atom. The van der Waals surface area contributed by atoms with Crippen LogP contribution in [0.1, 0.15) is 27.0 Å². The lowest BCUT2D eigenvalue weighted by atomic mass is 10.1. The minimum Gasteiger partial charge on any atom is -0.497 e. The maximum Gasteiger partial charge on any atom is 0.253 e. The lowest BCUT2D eigenvalue weighted by molar-refractivity contribution is -0.115. The molecule has 0 bridgehead atoms. The van der Waals surface area contributed by atoms with Crippen molar-refractivity contribution < 1.29 is 19.1 Å². The van der Waals surface area contributed by atoms with Gasteiger partial charge in [-0.05, 0) is 42.8 Å². The third-order valence-electron chi connectivity index (χ3n) is 4.86. The standard InChI is InChI=1S/C25H26N2O4/c1-17-8-10-18(11-9-17)16-26-25(29)21-6-4-5-7-22(21)27-24(28)15-19-14-20(30-2)12-13-23(19)31-3/h4-14H,15-16H2,1-3H3,(H,26,29)(H,27,28). The molecule has 0 aliphatic heterocycles. The Bertz CT molecular complexity index is 1060. The van der Waals surface area contributed by atoms with Gasteiger partial charge in [0.05, 0.1) is 31.9 Å². The molecular formula is C25H26N2O4. The van der Waals surface area contributed by atoms with Gasteiger partial charge in [0.1, 0.15) is 11.5 Å². The van der Waals surface area contributed by atoms with Crippen LogP contribution in [0.4, 0.5) is 5.69 Å². The van der Waals surface area contributed by atoms with E-state index in [1.54, 1.807) is 56.7 Å². The molecular weight excluding hydrogens is 392 g/mol. The van der Waals surface area contributed by atoms with Crippen molar-refractivity contribution in [3.8, 4) is 11.5 Å². The van der Waals surface area contributed by atoms with Crippen LogP contribution in [0.15, 0.2) is 66.7 Å². The molecule has 0 saturated carbocycles. The van der Waals surface area contributed by atoms with Gasteiger partial charge in [0.15, 0.2) is 0 Å². The minimum absolute atomic E-state index is 0.0830. The summed E-state index contributed by atoms with van der Waals surface area (Å²) in [5, 5.41) is 5.74. The van der Waals surface area contributed by atoms with E-state index in [1.165, 1.54) is 0 Å². The van der Waals surface area contributed by atoms with Gasteiger partial charge in [-0.25, -0.2) is 0 Å². The lowest BCUT2D eigenvalue weighted by Crippen LogP contribution is -2.25. The third kappa shape index (κ3) is 5.85. The summed E-state index contributed by atoms with van der Waals surface area (Å²) < 4.78 is 10.6. The number of carbonyl (C=O) groups is 2. The predicted molar refractivity (Wildman–Crippen MR) is 121 cm³/mol. The second-order valence-electron chi connectivity index (χ2n) is 7.12. The first-order valence-electron chi connectivity index (χ1n) is 9.93. The summed E-state index contributed by atoms with van der Waals surface area (Å²) in [6.07, 6.45) is 0.0830. The molecule has 31 heavy (non-hydrogen) atoms. The summed E-state index contributed by atoms with van der Waals surface area (Å²) >= 11 is 0. The molecule has 0 heterocycles. The Balaban J connectivity index is 1.69. The molecule has 160 valence electrons. The number of hydrogen-bond donors (Lipinski definition) is 2. The van der Waals surface area contributed by atoms with Crippen molar-refractivity contribution >= 4 is 17.5 Å². The average molecular weight is 418 g/mol. The van der Waals surface area contributed by atoms with E-state index in [-0.39, 0.29) is 18.2 Å². The highest BCUT2D eigenvalue weighted by molar-refractivity contribution is 6.04. The smallest absolute Gasteiger partial charge is 0.253 e. The van der Waals surface area contributed by atoms with Crippen molar-refractivity contribution in [2.45, 2.75) is 19.9 Å². The number of aryl methyl sites for hydroxylation is 1. The van der Waals surface area contributed by atoms with E-state index >= 15 is 0 Å². The van der Waals surface area contributed by atoms with Crippen LogP contribution in [0, 0.1) is 6.92 Å². The van der Waals surface area contributed by atoms with Gasteiger partial charge in [0, 0.05) is 12.1 Å².